The van der Waals surface area contributed by atoms with Crippen LogP contribution in [-0.4, -0.2) is 73.3 Å². The van der Waals surface area contributed by atoms with Crippen LogP contribution in [0.2, 0.25) is 0 Å². The lowest BCUT2D eigenvalue weighted by molar-refractivity contribution is -0.139. The highest BCUT2D eigenvalue weighted by Gasteiger charge is 2.29. The van der Waals surface area contributed by atoms with E-state index in [9.17, 15) is 9.59 Å². The number of hydrogen-bond donors (Lipinski definition) is 1. The Balaban J connectivity index is 1.56. The molecule has 0 saturated carbocycles. The smallest absolute Gasteiger partial charge is 0.341 e. The number of likely N-dealkylation sites (N-methyl/N-ethyl adjacent to an activating group) is 1. The SMILES string of the molecule is CO[C@H]1CCN(C[C@H](c2cccc(OCC(=O)O)c2)N(C)C(=O)Cc2cccc3occc23)C1. The summed E-state index contributed by atoms with van der Waals surface area (Å²) < 4.78 is 16.4. The van der Waals surface area contributed by atoms with Crippen molar-refractivity contribution in [2.45, 2.75) is 25.0 Å². The standard InChI is InChI=1S/C26H30N2O6/c1-27(25(29)14-18-5-4-8-24-22(18)10-12-33-24)23(16-28-11-9-21(15-28)32-2)19-6-3-7-20(13-19)34-17-26(30)31/h3-8,10,12-13,21,23H,9,11,14-17H2,1-2H3,(H,30,31)/t21-,23+/m0/s1. The monoisotopic (exact) mass is 466 g/mol. The van der Waals surface area contributed by atoms with E-state index in [4.69, 9.17) is 19.0 Å². The maximum absolute atomic E-state index is 13.4. The number of aliphatic carboxylic acids is 1. The predicted octanol–water partition coefficient (Wildman–Crippen LogP) is 3.36. The lowest BCUT2D eigenvalue weighted by Crippen LogP contribution is -2.39. The van der Waals surface area contributed by atoms with Crippen LogP contribution in [-0.2, 0) is 20.7 Å². The number of carboxylic acid groups (broad SMARTS) is 1. The lowest BCUT2D eigenvalue weighted by atomic mass is 10.0. The Morgan fingerprint density at radius 3 is 2.82 bits per heavy atom. The van der Waals surface area contributed by atoms with Gasteiger partial charge in [0.1, 0.15) is 11.3 Å². The van der Waals surface area contributed by atoms with Crippen LogP contribution in [0.25, 0.3) is 11.0 Å². The normalized spacial score (nSPS) is 17.1. The first-order valence-corrected chi connectivity index (χ1v) is 11.3. The van der Waals surface area contributed by atoms with Crippen molar-refractivity contribution in [2.75, 3.05) is 40.4 Å². The number of carbonyl (C=O) groups excluding carboxylic acids is 1. The molecule has 180 valence electrons. The molecule has 1 aromatic heterocycles. The van der Waals surface area contributed by atoms with Gasteiger partial charge in [-0.2, -0.15) is 0 Å². The summed E-state index contributed by atoms with van der Waals surface area (Å²) in [6.45, 7) is 1.92. The maximum atomic E-state index is 13.4. The molecule has 34 heavy (non-hydrogen) atoms. The minimum Gasteiger partial charge on any atom is -0.482 e. The maximum Gasteiger partial charge on any atom is 0.341 e. The summed E-state index contributed by atoms with van der Waals surface area (Å²) in [5, 5.41) is 9.89. The summed E-state index contributed by atoms with van der Waals surface area (Å²) in [7, 11) is 3.54. The number of hydrogen-bond acceptors (Lipinski definition) is 6. The Bertz CT molecular complexity index is 1140. The topological polar surface area (TPSA) is 92.5 Å². The summed E-state index contributed by atoms with van der Waals surface area (Å²) in [5.74, 6) is -0.589. The van der Waals surface area contributed by atoms with Crippen molar-refractivity contribution in [3.05, 3.63) is 65.9 Å². The van der Waals surface area contributed by atoms with Crippen molar-refractivity contribution in [2.24, 2.45) is 0 Å². The van der Waals surface area contributed by atoms with Crippen LogP contribution in [0.1, 0.15) is 23.6 Å². The highest BCUT2D eigenvalue weighted by Crippen LogP contribution is 2.28. The molecule has 4 rings (SSSR count). The fraction of sp³-hybridized carbons (Fsp3) is 0.385. The Hall–Kier alpha value is -3.36. The molecule has 2 heterocycles. The van der Waals surface area contributed by atoms with Gasteiger partial charge in [0.2, 0.25) is 5.91 Å². The molecule has 1 amide bonds. The molecule has 1 fully saturated rings. The van der Waals surface area contributed by atoms with E-state index >= 15 is 0 Å². The molecule has 8 nitrogen and oxygen atoms in total. The average molecular weight is 467 g/mol. The Labute approximate surface area is 198 Å². The quantitative estimate of drug-likeness (QED) is 0.490. The van der Waals surface area contributed by atoms with E-state index in [0.29, 0.717) is 12.3 Å². The van der Waals surface area contributed by atoms with E-state index in [2.05, 4.69) is 4.90 Å². The van der Waals surface area contributed by atoms with Gasteiger partial charge in [0, 0.05) is 39.2 Å². The highest BCUT2D eigenvalue weighted by atomic mass is 16.5. The van der Waals surface area contributed by atoms with Gasteiger partial charge in [0.05, 0.1) is 24.8 Å². The molecule has 8 heteroatoms. The predicted molar refractivity (Wildman–Crippen MR) is 127 cm³/mol. The number of likely N-dealkylation sites (tertiary alicyclic amines) is 1. The van der Waals surface area contributed by atoms with Crippen molar-refractivity contribution in [1.82, 2.24) is 9.80 Å². The van der Waals surface area contributed by atoms with Gasteiger partial charge in [-0.1, -0.05) is 24.3 Å². The second kappa shape index (κ2) is 10.7. The number of amides is 1. The van der Waals surface area contributed by atoms with Crippen molar-refractivity contribution < 1.29 is 28.6 Å². The van der Waals surface area contributed by atoms with E-state index in [1.807, 2.05) is 49.5 Å². The second-order valence-electron chi connectivity index (χ2n) is 8.61. The third-order valence-electron chi connectivity index (χ3n) is 6.39. The summed E-state index contributed by atoms with van der Waals surface area (Å²) in [4.78, 5) is 28.4. The Morgan fingerprint density at radius 1 is 1.24 bits per heavy atom. The number of furan rings is 1. The molecule has 1 aliphatic heterocycles. The van der Waals surface area contributed by atoms with Crippen LogP contribution >= 0.6 is 0 Å². The summed E-state index contributed by atoms with van der Waals surface area (Å²) >= 11 is 0. The third kappa shape index (κ3) is 5.58. The van der Waals surface area contributed by atoms with E-state index in [0.717, 1.165) is 41.6 Å². The van der Waals surface area contributed by atoms with Crippen molar-refractivity contribution >= 4 is 22.8 Å². The van der Waals surface area contributed by atoms with Crippen LogP contribution in [0.4, 0.5) is 0 Å². The van der Waals surface area contributed by atoms with E-state index < -0.39 is 12.6 Å². The molecule has 3 aromatic rings. The van der Waals surface area contributed by atoms with Crippen molar-refractivity contribution in [3.63, 3.8) is 0 Å². The molecule has 0 unspecified atom stereocenters. The van der Waals surface area contributed by atoms with Gasteiger partial charge in [-0.15, -0.1) is 0 Å². The molecule has 1 aliphatic rings. The molecule has 1 saturated heterocycles. The average Bonchev–Trinajstić information content (AvgIpc) is 3.51. The van der Waals surface area contributed by atoms with Crippen molar-refractivity contribution in [1.29, 1.82) is 0 Å². The highest BCUT2D eigenvalue weighted by molar-refractivity contribution is 5.87. The zero-order chi connectivity index (χ0) is 24.1. The van der Waals surface area contributed by atoms with Crippen LogP contribution in [0.3, 0.4) is 0 Å². The number of methoxy groups -OCH3 is 1. The van der Waals surface area contributed by atoms with Crippen LogP contribution in [0, 0.1) is 0 Å². The zero-order valence-corrected chi connectivity index (χ0v) is 19.5. The fourth-order valence-corrected chi connectivity index (χ4v) is 4.48. The van der Waals surface area contributed by atoms with Crippen LogP contribution in [0.5, 0.6) is 5.75 Å². The van der Waals surface area contributed by atoms with Gasteiger partial charge in [-0.3, -0.25) is 9.69 Å². The van der Waals surface area contributed by atoms with Gasteiger partial charge in [0.25, 0.3) is 0 Å². The van der Waals surface area contributed by atoms with E-state index in [1.54, 1.807) is 24.3 Å². The molecule has 0 radical (unpaired) electrons. The molecular formula is C26H30N2O6. The van der Waals surface area contributed by atoms with Crippen LogP contribution in [0.15, 0.2) is 59.2 Å². The van der Waals surface area contributed by atoms with Gasteiger partial charge in [0.15, 0.2) is 6.61 Å². The van der Waals surface area contributed by atoms with Gasteiger partial charge < -0.3 is 23.9 Å². The zero-order valence-electron chi connectivity index (χ0n) is 19.5. The summed E-state index contributed by atoms with van der Waals surface area (Å²) in [5.41, 5.74) is 2.57. The molecule has 0 bridgehead atoms. The Kier molecular flexibility index (Phi) is 7.49. The first-order valence-electron chi connectivity index (χ1n) is 11.3. The van der Waals surface area contributed by atoms with E-state index in [-0.39, 0.29) is 24.5 Å². The summed E-state index contributed by atoms with van der Waals surface area (Å²) in [6, 6.07) is 14.7. The number of fused-ring (bicyclic) bond motifs is 1. The molecule has 0 spiro atoms. The molecule has 2 aromatic carbocycles. The Morgan fingerprint density at radius 2 is 2.06 bits per heavy atom. The number of carboxylic acids is 1. The summed E-state index contributed by atoms with van der Waals surface area (Å²) in [6.07, 6.45) is 3.02. The molecule has 0 aliphatic carbocycles. The largest absolute Gasteiger partial charge is 0.482 e. The molecule has 2 atom stereocenters. The molecular weight excluding hydrogens is 436 g/mol. The van der Waals surface area contributed by atoms with Crippen LogP contribution < -0.4 is 4.74 Å². The minimum atomic E-state index is -1.04. The van der Waals surface area contributed by atoms with Gasteiger partial charge in [-0.05, 0) is 41.8 Å². The number of carbonyl (C=O) groups is 2. The number of rotatable bonds is 10. The fourth-order valence-electron chi connectivity index (χ4n) is 4.48. The molecule has 1 N–H and O–H groups in total. The van der Waals surface area contributed by atoms with Gasteiger partial charge >= 0.3 is 5.97 Å². The first kappa shape index (κ1) is 23.8. The first-order chi connectivity index (χ1) is 16.4. The lowest BCUT2D eigenvalue weighted by Gasteiger charge is -2.32. The minimum absolute atomic E-state index is 0.0157. The third-order valence-corrected chi connectivity index (χ3v) is 6.39. The second-order valence-corrected chi connectivity index (χ2v) is 8.61. The number of nitrogens with zero attached hydrogens (tertiary/aromatic N) is 2. The number of benzene rings is 2. The number of ether oxygens (including phenoxy) is 2. The van der Waals surface area contributed by atoms with E-state index in [1.165, 1.54) is 0 Å². The van der Waals surface area contributed by atoms with Gasteiger partial charge in [-0.25, -0.2) is 4.79 Å². The van der Waals surface area contributed by atoms with Crippen molar-refractivity contribution in [3.8, 4) is 5.75 Å².